The minimum absolute atomic E-state index is 0.366. The molecule has 1 atom stereocenters. The van der Waals surface area contributed by atoms with Gasteiger partial charge in [0.25, 0.3) is 0 Å². The predicted molar refractivity (Wildman–Crippen MR) is 70.8 cm³/mol. The van der Waals surface area contributed by atoms with E-state index in [9.17, 15) is 0 Å². The van der Waals surface area contributed by atoms with Gasteiger partial charge in [0.2, 0.25) is 0 Å². The quantitative estimate of drug-likeness (QED) is 0.787. The molecule has 16 heavy (non-hydrogen) atoms. The fourth-order valence-electron chi connectivity index (χ4n) is 2.32. The van der Waals surface area contributed by atoms with Gasteiger partial charge in [-0.3, -0.25) is 0 Å². The Labute approximate surface area is 102 Å². The van der Waals surface area contributed by atoms with Crippen molar-refractivity contribution >= 4 is 11.3 Å². The van der Waals surface area contributed by atoms with Crippen LogP contribution in [0.3, 0.4) is 0 Å². The summed E-state index contributed by atoms with van der Waals surface area (Å²) in [6.45, 7) is 3.12. The lowest BCUT2D eigenvalue weighted by Gasteiger charge is -2.12. The third kappa shape index (κ3) is 2.48. The highest BCUT2D eigenvalue weighted by Crippen LogP contribution is 2.33. The standard InChI is InChI=1S/C14H19NS/c1-3-7-12(15-4-2)14-10-11-8-5-6-9-13(11)16-14/h1,10,12,15H,4-9H2,2H3. The third-order valence-electron chi connectivity index (χ3n) is 3.13. The van der Waals surface area contributed by atoms with Gasteiger partial charge in [-0.25, -0.2) is 0 Å². The summed E-state index contributed by atoms with van der Waals surface area (Å²) in [6, 6.07) is 2.75. The lowest BCUT2D eigenvalue weighted by molar-refractivity contribution is 0.573. The average Bonchev–Trinajstić information content (AvgIpc) is 2.72. The molecule has 0 aliphatic heterocycles. The first-order valence-corrected chi connectivity index (χ1v) is 6.95. The Hall–Kier alpha value is -0.780. The van der Waals surface area contributed by atoms with E-state index in [1.165, 1.54) is 30.6 Å². The van der Waals surface area contributed by atoms with Gasteiger partial charge in [-0.1, -0.05) is 6.92 Å². The van der Waals surface area contributed by atoms with E-state index in [0.717, 1.165) is 13.0 Å². The lowest BCUT2D eigenvalue weighted by atomic mass is 9.98. The SMILES string of the molecule is C#CCC(NCC)c1cc2c(s1)CCCC2. The van der Waals surface area contributed by atoms with Gasteiger partial charge in [-0.2, -0.15) is 0 Å². The van der Waals surface area contributed by atoms with Gasteiger partial charge in [-0.15, -0.1) is 23.7 Å². The van der Waals surface area contributed by atoms with Gasteiger partial charge >= 0.3 is 0 Å². The molecule has 1 N–H and O–H groups in total. The Morgan fingerprint density at radius 2 is 2.31 bits per heavy atom. The minimum Gasteiger partial charge on any atom is -0.309 e. The molecule has 2 rings (SSSR count). The second-order valence-electron chi connectivity index (χ2n) is 4.32. The second kappa shape index (κ2) is 5.52. The van der Waals surface area contributed by atoms with E-state index in [-0.39, 0.29) is 0 Å². The van der Waals surface area contributed by atoms with Crippen molar-refractivity contribution in [1.82, 2.24) is 5.32 Å². The van der Waals surface area contributed by atoms with Crippen molar-refractivity contribution in [1.29, 1.82) is 0 Å². The van der Waals surface area contributed by atoms with Crippen LogP contribution in [-0.2, 0) is 12.8 Å². The molecule has 0 spiro atoms. The molecule has 0 amide bonds. The highest BCUT2D eigenvalue weighted by Gasteiger charge is 2.17. The van der Waals surface area contributed by atoms with Gasteiger partial charge in [0.05, 0.1) is 6.04 Å². The van der Waals surface area contributed by atoms with Gasteiger partial charge < -0.3 is 5.32 Å². The molecule has 1 aliphatic carbocycles. The van der Waals surface area contributed by atoms with Crippen molar-refractivity contribution in [3.63, 3.8) is 0 Å². The summed E-state index contributed by atoms with van der Waals surface area (Å²) in [6.07, 6.45) is 11.5. The Morgan fingerprint density at radius 3 is 3.00 bits per heavy atom. The maximum absolute atomic E-state index is 5.43. The molecule has 0 saturated heterocycles. The smallest absolute Gasteiger partial charge is 0.0525 e. The molecule has 1 nitrogen and oxygen atoms in total. The molecule has 0 bridgehead atoms. The van der Waals surface area contributed by atoms with Gasteiger partial charge in [0.1, 0.15) is 0 Å². The number of hydrogen-bond acceptors (Lipinski definition) is 2. The second-order valence-corrected chi connectivity index (χ2v) is 5.49. The van der Waals surface area contributed by atoms with Crippen LogP contribution in [0, 0.1) is 12.3 Å². The van der Waals surface area contributed by atoms with Crippen molar-refractivity contribution in [2.45, 2.75) is 45.1 Å². The Bertz CT molecular complexity index is 362. The predicted octanol–water partition coefficient (Wildman–Crippen LogP) is 3.30. The molecule has 0 saturated carbocycles. The van der Waals surface area contributed by atoms with Crippen molar-refractivity contribution in [3.05, 3.63) is 21.4 Å². The number of nitrogens with one attached hydrogen (secondary N) is 1. The molecule has 1 aromatic rings. The molecule has 1 aromatic heterocycles. The van der Waals surface area contributed by atoms with Crippen LogP contribution in [-0.4, -0.2) is 6.54 Å². The molecule has 1 heterocycles. The average molecular weight is 233 g/mol. The van der Waals surface area contributed by atoms with Gasteiger partial charge in [0, 0.05) is 16.2 Å². The molecule has 0 fully saturated rings. The number of terminal acetylenes is 1. The molecular weight excluding hydrogens is 214 g/mol. The first kappa shape index (κ1) is 11.7. The summed E-state index contributed by atoms with van der Waals surface area (Å²) in [4.78, 5) is 3.04. The molecule has 2 heteroatoms. The van der Waals surface area contributed by atoms with E-state index in [2.05, 4.69) is 24.2 Å². The Balaban J connectivity index is 2.17. The number of hydrogen-bond donors (Lipinski definition) is 1. The Kier molecular flexibility index (Phi) is 4.04. The summed E-state index contributed by atoms with van der Waals surface area (Å²) < 4.78 is 0. The minimum atomic E-state index is 0.366. The number of thiophene rings is 1. The highest BCUT2D eigenvalue weighted by molar-refractivity contribution is 7.12. The number of rotatable bonds is 4. The molecule has 86 valence electrons. The van der Waals surface area contributed by atoms with Crippen LogP contribution in [0.1, 0.15) is 47.5 Å². The van der Waals surface area contributed by atoms with Crippen LogP contribution in [0.5, 0.6) is 0 Å². The van der Waals surface area contributed by atoms with Crippen molar-refractivity contribution in [2.75, 3.05) is 6.54 Å². The summed E-state index contributed by atoms with van der Waals surface area (Å²) in [5, 5.41) is 3.48. The normalized spacial score (nSPS) is 16.5. The first-order chi connectivity index (χ1) is 7.85. The highest BCUT2D eigenvalue weighted by atomic mass is 32.1. The topological polar surface area (TPSA) is 12.0 Å². The van der Waals surface area contributed by atoms with E-state index < -0.39 is 0 Å². The van der Waals surface area contributed by atoms with E-state index in [1.807, 2.05) is 11.3 Å². The summed E-state index contributed by atoms with van der Waals surface area (Å²) in [7, 11) is 0. The van der Waals surface area contributed by atoms with E-state index in [1.54, 1.807) is 10.4 Å². The van der Waals surface area contributed by atoms with Crippen molar-refractivity contribution < 1.29 is 0 Å². The van der Waals surface area contributed by atoms with Crippen LogP contribution < -0.4 is 5.32 Å². The van der Waals surface area contributed by atoms with E-state index in [4.69, 9.17) is 6.42 Å². The monoisotopic (exact) mass is 233 g/mol. The van der Waals surface area contributed by atoms with Crippen LogP contribution in [0.4, 0.5) is 0 Å². The fraction of sp³-hybridized carbons (Fsp3) is 0.571. The van der Waals surface area contributed by atoms with E-state index in [0.29, 0.717) is 6.04 Å². The van der Waals surface area contributed by atoms with Crippen LogP contribution >= 0.6 is 11.3 Å². The molecule has 0 radical (unpaired) electrons. The number of aryl methyl sites for hydroxylation is 2. The zero-order chi connectivity index (χ0) is 11.4. The molecule has 1 aliphatic rings. The zero-order valence-corrected chi connectivity index (χ0v) is 10.7. The van der Waals surface area contributed by atoms with Gasteiger partial charge in [-0.05, 0) is 43.9 Å². The lowest BCUT2D eigenvalue weighted by Crippen LogP contribution is -2.19. The number of fused-ring (bicyclic) bond motifs is 1. The summed E-state index contributed by atoms with van der Waals surface area (Å²) in [5.74, 6) is 2.78. The third-order valence-corrected chi connectivity index (χ3v) is 4.48. The summed E-state index contributed by atoms with van der Waals surface area (Å²) >= 11 is 1.97. The first-order valence-electron chi connectivity index (χ1n) is 6.13. The van der Waals surface area contributed by atoms with Crippen LogP contribution in [0.15, 0.2) is 6.07 Å². The van der Waals surface area contributed by atoms with E-state index >= 15 is 0 Å². The Morgan fingerprint density at radius 1 is 1.50 bits per heavy atom. The molecule has 1 unspecified atom stereocenters. The van der Waals surface area contributed by atoms with Gasteiger partial charge in [0.15, 0.2) is 0 Å². The largest absolute Gasteiger partial charge is 0.309 e. The molecular formula is C14H19NS. The van der Waals surface area contributed by atoms with Crippen molar-refractivity contribution in [2.24, 2.45) is 0 Å². The summed E-state index contributed by atoms with van der Waals surface area (Å²) in [5.41, 5.74) is 1.58. The maximum Gasteiger partial charge on any atom is 0.0525 e. The van der Waals surface area contributed by atoms with Crippen molar-refractivity contribution in [3.8, 4) is 12.3 Å². The zero-order valence-electron chi connectivity index (χ0n) is 9.88. The maximum atomic E-state index is 5.43. The molecule has 0 aromatic carbocycles. The van der Waals surface area contributed by atoms with Crippen LogP contribution in [0.25, 0.3) is 0 Å². The fourth-order valence-corrected chi connectivity index (χ4v) is 3.66. The van der Waals surface area contributed by atoms with Crippen LogP contribution in [0.2, 0.25) is 0 Å².